The van der Waals surface area contributed by atoms with E-state index in [2.05, 4.69) is 16.6 Å². The van der Waals surface area contributed by atoms with E-state index >= 15 is 0 Å². The van der Waals surface area contributed by atoms with Crippen LogP contribution in [-0.4, -0.2) is 37.7 Å². The van der Waals surface area contributed by atoms with Gasteiger partial charge in [0.15, 0.2) is 0 Å². The van der Waals surface area contributed by atoms with Crippen molar-refractivity contribution in [2.45, 2.75) is 32.0 Å². The summed E-state index contributed by atoms with van der Waals surface area (Å²) in [6, 6.07) is 0. The van der Waals surface area contributed by atoms with E-state index in [4.69, 9.17) is 11.2 Å². The first-order valence-corrected chi connectivity index (χ1v) is 5.31. The van der Waals surface area contributed by atoms with Crippen molar-refractivity contribution in [1.82, 2.24) is 10.6 Å². The fourth-order valence-corrected chi connectivity index (χ4v) is 1.56. The van der Waals surface area contributed by atoms with Crippen LogP contribution in [0.1, 0.15) is 19.8 Å². The third kappa shape index (κ3) is 4.32. The average molecular weight is 210 g/mol. The molecule has 1 fully saturated rings. The summed E-state index contributed by atoms with van der Waals surface area (Å²) in [5.41, 5.74) is 0. The molecule has 1 atom stereocenters. The number of carbonyl (C=O) groups excluding carboxylic acids is 1. The molecule has 1 aliphatic rings. The maximum Gasteiger partial charge on any atom is 0.249 e. The Morgan fingerprint density at radius 3 is 2.93 bits per heavy atom. The molecule has 0 bridgehead atoms. The predicted octanol–water partition coefficient (Wildman–Crippen LogP) is -0.107. The molecule has 1 amide bonds. The van der Waals surface area contributed by atoms with Gasteiger partial charge >= 0.3 is 0 Å². The lowest BCUT2D eigenvalue weighted by Gasteiger charge is -2.25. The van der Waals surface area contributed by atoms with Gasteiger partial charge in [-0.2, -0.15) is 0 Å². The van der Waals surface area contributed by atoms with Gasteiger partial charge in [-0.1, -0.05) is 5.92 Å². The molecule has 0 aromatic rings. The largest absolute Gasteiger partial charge is 0.365 e. The Balaban J connectivity index is 2.24. The van der Waals surface area contributed by atoms with Crippen molar-refractivity contribution in [3.05, 3.63) is 0 Å². The number of terminal acetylenes is 1. The number of rotatable bonds is 4. The zero-order chi connectivity index (χ0) is 11.1. The number of carbonyl (C=O) groups is 1. The zero-order valence-electron chi connectivity index (χ0n) is 9.08. The third-order valence-electron chi connectivity index (χ3n) is 2.42. The monoisotopic (exact) mass is 210 g/mol. The lowest BCUT2D eigenvalue weighted by Crippen LogP contribution is -2.40. The van der Waals surface area contributed by atoms with Crippen LogP contribution in [0, 0.1) is 12.3 Å². The molecule has 84 valence electrons. The maximum atomic E-state index is 11.4. The van der Waals surface area contributed by atoms with E-state index in [1.807, 2.05) is 0 Å². The number of hydrogen-bond donors (Lipinski definition) is 2. The van der Waals surface area contributed by atoms with Crippen LogP contribution in [0.15, 0.2) is 0 Å². The molecule has 0 aromatic carbocycles. The van der Waals surface area contributed by atoms with E-state index in [0.29, 0.717) is 0 Å². The second-order valence-electron chi connectivity index (χ2n) is 3.65. The highest BCUT2D eigenvalue weighted by Crippen LogP contribution is 2.09. The van der Waals surface area contributed by atoms with Gasteiger partial charge in [0.2, 0.25) is 5.91 Å². The van der Waals surface area contributed by atoms with Crippen LogP contribution >= 0.6 is 0 Å². The van der Waals surface area contributed by atoms with Gasteiger partial charge in [-0.15, -0.1) is 6.42 Å². The summed E-state index contributed by atoms with van der Waals surface area (Å²) in [6.45, 7) is 3.94. The van der Waals surface area contributed by atoms with E-state index < -0.39 is 6.10 Å². The molecular weight excluding hydrogens is 192 g/mol. The second-order valence-corrected chi connectivity index (χ2v) is 3.65. The molecule has 15 heavy (non-hydrogen) atoms. The molecule has 0 saturated carbocycles. The molecule has 1 aliphatic heterocycles. The van der Waals surface area contributed by atoms with E-state index in [1.165, 1.54) is 0 Å². The Morgan fingerprint density at radius 2 is 2.33 bits per heavy atom. The Morgan fingerprint density at radius 1 is 1.67 bits per heavy atom. The molecule has 0 radical (unpaired) electrons. The molecule has 1 rings (SSSR count). The molecule has 0 spiro atoms. The summed E-state index contributed by atoms with van der Waals surface area (Å²) in [5.74, 6) is 2.23. The maximum absolute atomic E-state index is 11.4. The molecule has 2 N–H and O–H groups in total. The van der Waals surface area contributed by atoms with Crippen LogP contribution in [0.4, 0.5) is 0 Å². The van der Waals surface area contributed by atoms with Crippen LogP contribution in [0.3, 0.4) is 0 Å². The number of ether oxygens (including phenoxy) is 1. The smallest absolute Gasteiger partial charge is 0.249 e. The van der Waals surface area contributed by atoms with Crippen molar-refractivity contribution >= 4 is 5.91 Å². The van der Waals surface area contributed by atoms with Gasteiger partial charge in [0.25, 0.3) is 0 Å². The molecule has 1 unspecified atom stereocenters. The van der Waals surface area contributed by atoms with E-state index in [9.17, 15) is 4.79 Å². The zero-order valence-corrected chi connectivity index (χ0v) is 9.08. The third-order valence-corrected chi connectivity index (χ3v) is 2.42. The Hall–Kier alpha value is -1.05. The molecule has 4 heteroatoms. The van der Waals surface area contributed by atoms with Gasteiger partial charge in [0.1, 0.15) is 6.10 Å². The van der Waals surface area contributed by atoms with Gasteiger partial charge in [0, 0.05) is 0 Å². The SMILES string of the molecule is C#CCNC(=O)C(C)OC1CCNCC1. The highest BCUT2D eigenvalue weighted by molar-refractivity contribution is 5.80. The van der Waals surface area contributed by atoms with Crippen LogP contribution < -0.4 is 10.6 Å². The minimum atomic E-state index is -0.415. The Bertz CT molecular complexity index is 241. The first kappa shape index (κ1) is 12.0. The van der Waals surface area contributed by atoms with E-state index in [-0.39, 0.29) is 18.6 Å². The van der Waals surface area contributed by atoms with Gasteiger partial charge in [-0.25, -0.2) is 0 Å². The second kappa shape index (κ2) is 6.44. The van der Waals surface area contributed by atoms with Crippen molar-refractivity contribution in [1.29, 1.82) is 0 Å². The van der Waals surface area contributed by atoms with Gasteiger partial charge in [-0.3, -0.25) is 4.79 Å². The van der Waals surface area contributed by atoms with Crippen LogP contribution in [0.25, 0.3) is 0 Å². The predicted molar refractivity (Wildman–Crippen MR) is 58.3 cm³/mol. The summed E-state index contributed by atoms with van der Waals surface area (Å²) >= 11 is 0. The van der Waals surface area contributed by atoms with Crippen molar-refractivity contribution in [2.75, 3.05) is 19.6 Å². The lowest BCUT2D eigenvalue weighted by molar-refractivity contribution is -0.136. The number of piperidine rings is 1. The summed E-state index contributed by atoms with van der Waals surface area (Å²) < 4.78 is 5.63. The highest BCUT2D eigenvalue weighted by atomic mass is 16.5. The van der Waals surface area contributed by atoms with Crippen molar-refractivity contribution in [3.63, 3.8) is 0 Å². The quantitative estimate of drug-likeness (QED) is 0.637. The molecule has 0 aromatic heterocycles. The minimum absolute atomic E-state index is 0.133. The van der Waals surface area contributed by atoms with Crippen LogP contribution in [0.5, 0.6) is 0 Å². The summed E-state index contributed by atoms with van der Waals surface area (Å²) in [6.07, 6.45) is 6.75. The van der Waals surface area contributed by atoms with E-state index in [0.717, 1.165) is 25.9 Å². The molecular formula is C11H18N2O2. The highest BCUT2D eigenvalue weighted by Gasteiger charge is 2.20. The van der Waals surface area contributed by atoms with Crippen LogP contribution in [0.2, 0.25) is 0 Å². The molecule has 0 aliphatic carbocycles. The average Bonchev–Trinajstić information content (AvgIpc) is 2.27. The van der Waals surface area contributed by atoms with Gasteiger partial charge in [0.05, 0.1) is 12.6 Å². The standard InChI is InChI=1S/C11H18N2O2/c1-3-6-13-11(14)9(2)15-10-4-7-12-8-5-10/h1,9-10,12H,4-8H2,2H3,(H,13,14). The number of amides is 1. The minimum Gasteiger partial charge on any atom is -0.365 e. The molecule has 1 heterocycles. The number of hydrogen-bond acceptors (Lipinski definition) is 3. The topological polar surface area (TPSA) is 50.4 Å². The summed E-state index contributed by atoms with van der Waals surface area (Å²) in [5, 5.41) is 5.85. The summed E-state index contributed by atoms with van der Waals surface area (Å²) in [4.78, 5) is 11.4. The number of nitrogens with one attached hydrogen (secondary N) is 2. The Labute approximate surface area is 90.8 Å². The molecule has 1 saturated heterocycles. The molecule has 4 nitrogen and oxygen atoms in total. The first-order valence-electron chi connectivity index (χ1n) is 5.31. The lowest BCUT2D eigenvalue weighted by atomic mass is 10.1. The van der Waals surface area contributed by atoms with Gasteiger partial charge < -0.3 is 15.4 Å². The van der Waals surface area contributed by atoms with Gasteiger partial charge in [-0.05, 0) is 32.9 Å². The van der Waals surface area contributed by atoms with Crippen molar-refractivity contribution in [3.8, 4) is 12.3 Å². The van der Waals surface area contributed by atoms with Crippen molar-refractivity contribution in [2.24, 2.45) is 0 Å². The normalized spacial score (nSPS) is 19.2. The fraction of sp³-hybridized carbons (Fsp3) is 0.727. The first-order chi connectivity index (χ1) is 7.24. The van der Waals surface area contributed by atoms with E-state index in [1.54, 1.807) is 6.92 Å². The Kier molecular flexibility index (Phi) is 5.16. The fourth-order valence-electron chi connectivity index (χ4n) is 1.56. The van der Waals surface area contributed by atoms with Crippen molar-refractivity contribution < 1.29 is 9.53 Å². The van der Waals surface area contributed by atoms with Crippen LogP contribution in [-0.2, 0) is 9.53 Å². The summed E-state index contributed by atoms with van der Waals surface area (Å²) in [7, 11) is 0.